The first-order valence-electron chi connectivity index (χ1n) is 9.46. The van der Waals surface area contributed by atoms with Gasteiger partial charge in [0.15, 0.2) is 0 Å². The fourth-order valence-corrected chi connectivity index (χ4v) is 4.75. The third kappa shape index (κ3) is 4.78. The standard InChI is InChI=1S/C21H25N3O3S/c1-17-10-8-9-15-20(17)24(28(26,27)19-13-6-3-7-14-19)16-21(25)23-22-18-11-4-2-5-12-18/h3,6-10,13-15H,2,4-5,11-12,16H2,1H3,(H,23,25). The van der Waals surface area contributed by atoms with Crippen molar-refractivity contribution >= 4 is 27.3 Å². The Kier molecular flexibility index (Phi) is 6.46. The lowest BCUT2D eigenvalue weighted by Gasteiger charge is -2.25. The number of amides is 1. The van der Waals surface area contributed by atoms with Crippen LogP contribution in [-0.4, -0.2) is 26.6 Å². The van der Waals surface area contributed by atoms with Gasteiger partial charge < -0.3 is 0 Å². The molecule has 0 radical (unpaired) electrons. The van der Waals surface area contributed by atoms with Crippen molar-refractivity contribution < 1.29 is 13.2 Å². The van der Waals surface area contributed by atoms with E-state index in [1.54, 1.807) is 30.3 Å². The van der Waals surface area contributed by atoms with Gasteiger partial charge in [-0.05, 0) is 56.4 Å². The van der Waals surface area contributed by atoms with Crippen molar-refractivity contribution in [3.05, 3.63) is 60.2 Å². The minimum Gasteiger partial charge on any atom is -0.271 e. The van der Waals surface area contributed by atoms with E-state index >= 15 is 0 Å². The van der Waals surface area contributed by atoms with Gasteiger partial charge >= 0.3 is 0 Å². The molecule has 2 aromatic carbocycles. The lowest BCUT2D eigenvalue weighted by molar-refractivity contribution is -0.119. The van der Waals surface area contributed by atoms with Gasteiger partial charge in [0, 0.05) is 5.71 Å². The molecule has 2 aromatic rings. The van der Waals surface area contributed by atoms with E-state index < -0.39 is 15.9 Å². The van der Waals surface area contributed by atoms with Crippen LogP contribution in [0.1, 0.15) is 37.7 Å². The number of carbonyl (C=O) groups is 1. The first kappa shape index (κ1) is 20.1. The molecule has 1 fully saturated rings. The Morgan fingerprint density at radius 2 is 1.64 bits per heavy atom. The second-order valence-corrected chi connectivity index (χ2v) is 8.75. The molecule has 28 heavy (non-hydrogen) atoms. The number of anilines is 1. The zero-order chi connectivity index (χ0) is 20.0. The Hall–Kier alpha value is -2.67. The van der Waals surface area contributed by atoms with Gasteiger partial charge in [-0.25, -0.2) is 13.8 Å². The monoisotopic (exact) mass is 399 g/mol. The number of hydrogen-bond donors (Lipinski definition) is 1. The molecule has 7 heteroatoms. The van der Waals surface area contributed by atoms with Crippen molar-refractivity contribution in [1.82, 2.24) is 5.43 Å². The van der Waals surface area contributed by atoms with Crippen LogP contribution in [0.3, 0.4) is 0 Å². The Balaban J connectivity index is 1.87. The van der Waals surface area contributed by atoms with Crippen molar-refractivity contribution in [2.24, 2.45) is 5.10 Å². The minimum absolute atomic E-state index is 0.143. The number of nitrogens with zero attached hydrogens (tertiary/aromatic N) is 2. The third-order valence-electron chi connectivity index (χ3n) is 4.77. The van der Waals surface area contributed by atoms with Crippen LogP contribution in [0, 0.1) is 6.92 Å². The zero-order valence-corrected chi connectivity index (χ0v) is 16.8. The quantitative estimate of drug-likeness (QED) is 0.754. The van der Waals surface area contributed by atoms with E-state index in [-0.39, 0.29) is 11.4 Å². The van der Waals surface area contributed by atoms with Crippen LogP contribution in [-0.2, 0) is 14.8 Å². The Bertz CT molecular complexity index is 948. The van der Waals surface area contributed by atoms with E-state index in [4.69, 9.17) is 0 Å². The summed E-state index contributed by atoms with van der Waals surface area (Å²) in [4.78, 5) is 12.7. The van der Waals surface area contributed by atoms with Crippen LogP contribution in [0.5, 0.6) is 0 Å². The van der Waals surface area contributed by atoms with Gasteiger partial charge in [0.1, 0.15) is 6.54 Å². The highest BCUT2D eigenvalue weighted by Crippen LogP contribution is 2.26. The molecule has 0 saturated heterocycles. The first-order chi connectivity index (χ1) is 13.5. The number of rotatable bonds is 6. The highest BCUT2D eigenvalue weighted by Gasteiger charge is 2.28. The molecule has 0 heterocycles. The third-order valence-corrected chi connectivity index (χ3v) is 6.55. The van der Waals surface area contributed by atoms with Crippen LogP contribution in [0.25, 0.3) is 0 Å². The molecule has 1 aliphatic rings. The lowest BCUT2D eigenvalue weighted by Crippen LogP contribution is -2.40. The van der Waals surface area contributed by atoms with Crippen molar-refractivity contribution in [2.75, 3.05) is 10.8 Å². The SMILES string of the molecule is Cc1ccccc1N(CC(=O)NN=C1CCCCC1)S(=O)(=O)c1ccccc1. The molecule has 148 valence electrons. The Morgan fingerprint density at radius 3 is 2.32 bits per heavy atom. The topological polar surface area (TPSA) is 78.8 Å². The van der Waals surface area contributed by atoms with Crippen molar-refractivity contribution in [1.29, 1.82) is 0 Å². The molecule has 1 saturated carbocycles. The fourth-order valence-electron chi connectivity index (χ4n) is 3.24. The highest BCUT2D eigenvalue weighted by atomic mass is 32.2. The van der Waals surface area contributed by atoms with Crippen LogP contribution in [0.2, 0.25) is 0 Å². The summed E-state index contributed by atoms with van der Waals surface area (Å²) in [6, 6.07) is 15.3. The molecular formula is C21H25N3O3S. The molecule has 1 aliphatic carbocycles. The van der Waals surface area contributed by atoms with E-state index in [2.05, 4.69) is 10.5 Å². The maximum atomic E-state index is 13.2. The number of aryl methyl sites for hydroxylation is 1. The van der Waals surface area contributed by atoms with Crippen molar-refractivity contribution in [2.45, 2.75) is 43.9 Å². The van der Waals surface area contributed by atoms with Crippen LogP contribution < -0.4 is 9.73 Å². The van der Waals surface area contributed by atoms with E-state index in [0.29, 0.717) is 5.69 Å². The predicted octanol–water partition coefficient (Wildman–Crippen LogP) is 3.63. The molecule has 3 rings (SSSR count). The van der Waals surface area contributed by atoms with Gasteiger partial charge in [-0.2, -0.15) is 5.10 Å². The summed E-state index contributed by atoms with van der Waals surface area (Å²) in [5, 5.41) is 4.20. The normalized spacial score (nSPS) is 14.4. The fraction of sp³-hybridized carbons (Fsp3) is 0.333. The van der Waals surface area contributed by atoms with Gasteiger partial charge in [0.05, 0.1) is 10.6 Å². The maximum absolute atomic E-state index is 13.2. The van der Waals surface area contributed by atoms with Gasteiger partial charge in [0.2, 0.25) is 0 Å². The zero-order valence-electron chi connectivity index (χ0n) is 16.0. The van der Waals surface area contributed by atoms with Crippen LogP contribution in [0.4, 0.5) is 5.69 Å². The number of sulfonamides is 1. The summed E-state index contributed by atoms with van der Waals surface area (Å²) >= 11 is 0. The number of benzene rings is 2. The van der Waals surface area contributed by atoms with Crippen LogP contribution >= 0.6 is 0 Å². The van der Waals surface area contributed by atoms with E-state index in [1.165, 1.54) is 18.6 Å². The summed E-state index contributed by atoms with van der Waals surface area (Å²) < 4.78 is 27.6. The summed E-state index contributed by atoms with van der Waals surface area (Å²) in [6.45, 7) is 1.49. The summed E-state index contributed by atoms with van der Waals surface area (Å²) in [6.07, 6.45) is 5.09. The van der Waals surface area contributed by atoms with Gasteiger partial charge in [0.25, 0.3) is 15.9 Å². The molecule has 0 aromatic heterocycles. The number of hydrogen-bond acceptors (Lipinski definition) is 4. The lowest BCUT2D eigenvalue weighted by atomic mass is 9.99. The molecule has 0 aliphatic heterocycles. The molecule has 0 bridgehead atoms. The molecule has 1 N–H and O–H groups in total. The minimum atomic E-state index is -3.89. The smallest absolute Gasteiger partial charge is 0.264 e. The predicted molar refractivity (Wildman–Crippen MR) is 111 cm³/mol. The highest BCUT2D eigenvalue weighted by molar-refractivity contribution is 7.92. The molecular weight excluding hydrogens is 374 g/mol. The number of carbonyl (C=O) groups excluding carboxylic acids is 1. The van der Waals surface area contributed by atoms with Gasteiger partial charge in [-0.15, -0.1) is 0 Å². The second kappa shape index (κ2) is 9.01. The molecule has 1 amide bonds. The van der Waals surface area contributed by atoms with E-state index in [0.717, 1.165) is 41.3 Å². The average Bonchev–Trinajstić information content (AvgIpc) is 2.72. The average molecular weight is 400 g/mol. The number of nitrogens with one attached hydrogen (secondary N) is 1. The van der Waals surface area contributed by atoms with Crippen molar-refractivity contribution in [3.8, 4) is 0 Å². The molecule has 6 nitrogen and oxygen atoms in total. The Morgan fingerprint density at radius 1 is 1.00 bits per heavy atom. The van der Waals surface area contributed by atoms with E-state index in [1.807, 2.05) is 19.1 Å². The number of hydrazone groups is 1. The van der Waals surface area contributed by atoms with Gasteiger partial charge in [-0.1, -0.05) is 42.8 Å². The molecule has 0 spiro atoms. The van der Waals surface area contributed by atoms with Gasteiger partial charge in [-0.3, -0.25) is 9.10 Å². The molecule has 0 atom stereocenters. The summed E-state index contributed by atoms with van der Waals surface area (Å²) in [5.74, 6) is -0.458. The first-order valence-corrected chi connectivity index (χ1v) is 10.9. The Labute approximate surface area is 166 Å². The maximum Gasteiger partial charge on any atom is 0.264 e. The van der Waals surface area contributed by atoms with Crippen LogP contribution in [0.15, 0.2) is 64.6 Å². The van der Waals surface area contributed by atoms with Crippen molar-refractivity contribution in [3.63, 3.8) is 0 Å². The molecule has 0 unspecified atom stereocenters. The summed E-state index contributed by atoms with van der Waals surface area (Å²) in [7, 11) is -3.89. The number of para-hydroxylation sites is 1. The largest absolute Gasteiger partial charge is 0.271 e. The summed E-state index contributed by atoms with van der Waals surface area (Å²) in [5.41, 5.74) is 4.75. The second-order valence-electron chi connectivity index (χ2n) is 6.88. The van der Waals surface area contributed by atoms with E-state index in [9.17, 15) is 13.2 Å².